The second-order valence-corrected chi connectivity index (χ2v) is 7.17. The molecular formula is C17H20BrFN2O3. The maximum absolute atomic E-state index is 13.7. The zero-order chi connectivity index (χ0) is 17.6. The van der Waals surface area contributed by atoms with E-state index < -0.39 is 11.4 Å². The number of halogens is 2. The van der Waals surface area contributed by atoms with Gasteiger partial charge in [-0.1, -0.05) is 0 Å². The molecule has 0 aromatic heterocycles. The zero-order valence-electron chi connectivity index (χ0n) is 13.9. The molecule has 1 fully saturated rings. The van der Waals surface area contributed by atoms with Crippen LogP contribution < -0.4 is 0 Å². The van der Waals surface area contributed by atoms with Crippen molar-refractivity contribution < 1.29 is 19.1 Å². The summed E-state index contributed by atoms with van der Waals surface area (Å²) in [5.74, 6) is -0.550. The lowest BCUT2D eigenvalue weighted by Crippen LogP contribution is -2.53. The molecule has 0 atom stereocenters. The number of benzene rings is 1. The van der Waals surface area contributed by atoms with Gasteiger partial charge in [-0.2, -0.15) is 5.06 Å². The van der Waals surface area contributed by atoms with E-state index in [2.05, 4.69) is 15.9 Å². The quantitative estimate of drug-likeness (QED) is 0.831. The van der Waals surface area contributed by atoms with Crippen LogP contribution in [0.1, 0.15) is 24.0 Å². The number of aliphatic hydroxyl groups is 1. The van der Waals surface area contributed by atoms with Crippen molar-refractivity contribution in [3.8, 4) is 0 Å². The van der Waals surface area contributed by atoms with Gasteiger partial charge < -0.3 is 14.8 Å². The molecule has 24 heavy (non-hydrogen) atoms. The number of hydrogen-bond donors (Lipinski definition) is 1. The first kappa shape index (κ1) is 17.4. The molecule has 1 amide bonds. The first-order chi connectivity index (χ1) is 11.3. The maximum atomic E-state index is 13.7. The topological polar surface area (TPSA) is 53.0 Å². The second-order valence-electron chi connectivity index (χ2n) is 6.31. The summed E-state index contributed by atoms with van der Waals surface area (Å²) >= 11 is 3.16. The van der Waals surface area contributed by atoms with Gasteiger partial charge in [0.05, 0.1) is 17.2 Å². The monoisotopic (exact) mass is 398 g/mol. The molecule has 3 rings (SSSR count). The van der Waals surface area contributed by atoms with Gasteiger partial charge in [0, 0.05) is 20.1 Å². The third kappa shape index (κ3) is 2.46. The molecule has 2 aliphatic rings. The molecule has 0 saturated carbocycles. The highest BCUT2D eigenvalue weighted by Crippen LogP contribution is 2.45. The number of hydrogen-bond acceptors (Lipinski definition) is 4. The fraction of sp³-hybridized carbons (Fsp3) is 0.471. The highest BCUT2D eigenvalue weighted by atomic mass is 79.9. The summed E-state index contributed by atoms with van der Waals surface area (Å²) in [6, 6.07) is 2.93. The molecule has 0 aliphatic carbocycles. The van der Waals surface area contributed by atoms with Gasteiger partial charge in [0.1, 0.15) is 17.1 Å². The number of hydroxylamine groups is 2. The second kappa shape index (κ2) is 6.13. The van der Waals surface area contributed by atoms with Crippen molar-refractivity contribution in [3.63, 3.8) is 0 Å². The van der Waals surface area contributed by atoms with Crippen LogP contribution in [-0.4, -0.2) is 53.8 Å². The van der Waals surface area contributed by atoms with Crippen molar-refractivity contribution >= 4 is 27.4 Å². The minimum atomic E-state index is -0.714. The van der Waals surface area contributed by atoms with E-state index in [9.17, 15) is 14.3 Å². The summed E-state index contributed by atoms with van der Waals surface area (Å²) in [5.41, 5.74) is 0.727. The Bertz CT molecular complexity index is 727. The Morgan fingerprint density at radius 3 is 2.54 bits per heavy atom. The van der Waals surface area contributed by atoms with Gasteiger partial charge >= 0.3 is 0 Å². The number of nitrogens with zero attached hydrogens (tertiary/aromatic N) is 2. The molecule has 7 heteroatoms. The number of carbonyl (C=O) groups is 1. The molecule has 1 saturated heterocycles. The van der Waals surface area contributed by atoms with Crippen molar-refractivity contribution in [2.24, 2.45) is 0 Å². The first-order valence-corrected chi connectivity index (χ1v) is 8.58. The highest BCUT2D eigenvalue weighted by Gasteiger charge is 2.52. The molecule has 1 N–H and O–H groups in total. The number of rotatable bonds is 2. The Morgan fingerprint density at radius 2 is 1.96 bits per heavy atom. The van der Waals surface area contributed by atoms with Gasteiger partial charge in [-0.15, -0.1) is 0 Å². The number of likely N-dealkylation sites (N-methyl/N-ethyl adjacent to an activating group) is 1. The van der Waals surface area contributed by atoms with E-state index in [0.717, 1.165) is 0 Å². The van der Waals surface area contributed by atoms with Crippen LogP contribution in [0.3, 0.4) is 0 Å². The summed E-state index contributed by atoms with van der Waals surface area (Å²) in [6.45, 7) is 2.98. The van der Waals surface area contributed by atoms with E-state index >= 15 is 0 Å². The largest absolute Gasteiger partial charge is 0.509 e. The molecule has 1 aromatic carbocycles. The van der Waals surface area contributed by atoms with Gasteiger partial charge in [0.15, 0.2) is 0 Å². The molecule has 2 heterocycles. The lowest BCUT2D eigenvalue weighted by molar-refractivity contribution is -0.162. The minimum absolute atomic E-state index is 0.0763. The molecule has 1 spiro atoms. The predicted octanol–water partition coefficient (Wildman–Crippen LogP) is 3.03. The number of aryl methyl sites for hydroxylation is 1. The Hall–Kier alpha value is -1.44. The molecule has 5 nitrogen and oxygen atoms in total. The van der Waals surface area contributed by atoms with E-state index in [1.165, 1.54) is 6.07 Å². The molecule has 130 valence electrons. The molecule has 0 unspecified atom stereocenters. The third-order valence-corrected chi connectivity index (χ3v) is 5.79. The highest BCUT2D eigenvalue weighted by molar-refractivity contribution is 9.10. The summed E-state index contributed by atoms with van der Waals surface area (Å²) < 4.78 is 14.0. The van der Waals surface area contributed by atoms with Gasteiger partial charge in [0.2, 0.25) is 0 Å². The smallest absolute Gasteiger partial charge is 0.258 e. The Morgan fingerprint density at radius 1 is 1.33 bits per heavy atom. The van der Waals surface area contributed by atoms with Crippen LogP contribution in [0.2, 0.25) is 0 Å². The minimum Gasteiger partial charge on any atom is -0.509 e. The lowest BCUT2D eigenvalue weighted by Gasteiger charge is -2.42. The normalized spacial score (nSPS) is 21.2. The van der Waals surface area contributed by atoms with Gasteiger partial charge in [-0.3, -0.25) is 4.79 Å². The van der Waals surface area contributed by atoms with Crippen LogP contribution >= 0.6 is 15.9 Å². The number of piperidine rings is 1. The van der Waals surface area contributed by atoms with Crippen molar-refractivity contribution in [2.75, 3.05) is 27.2 Å². The zero-order valence-corrected chi connectivity index (χ0v) is 15.5. The average Bonchev–Trinajstić information content (AvgIpc) is 2.74. The SMILES string of the molecule is CON1CCC2(CC1)C(O)=C(c1cc(Br)c(F)cc1C)C(=O)N2C. The molecule has 0 radical (unpaired) electrons. The van der Waals surface area contributed by atoms with Crippen molar-refractivity contribution in [1.29, 1.82) is 0 Å². The van der Waals surface area contributed by atoms with Crippen LogP contribution in [0.4, 0.5) is 4.39 Å². The van der Waals surface area contributed by atoms with E-state index in [4.69, 9.17) is 4.84 Å². The Labute approximate surface area is 148 Å². The Kier molecular flexibility index (Phi) is 4.44. The number of amides is 1. The van der Waals surface area contributed by atoms with Crippen molar-refractivity contribution in [1.82, 2.24) is 9.96 Å². The fourth-order valence-electron chi connectivity index (χ4n) is 3.62. The number of carbonyl (C=O) groups excluding carboxylic acids is 1. The van der Waals surface area contributed by atoms with Crippen LogP contribution in [0.5, 0.6) is 0 Å². The first-order valence-electron chi connectivity index (χ1n) is 7.79. The van der Waals surface area contributed by atoms with Crippen molar-refractivity contribution in [3.05, 3.63) is 39.3 Å². The van der Waals surface area contributed by atoms with E-state index in [-0.39, 0.29) is 21.7 Å². The summed E-state index contributed by atoms with van der Waals surface area (Å²) in [5, 5.41) is 12.8. The summed E-state index contributed by atoms with van der Waals surface area (Å²) in [4.78, 5) is 19.7. The van der Waals surface area contributed by atoms with Gasteiger partial charge in [-0.05, 0) is 59.0 Å². The molecule has 1 aromatic rings. The standard InChI is InChI=1S/C17H20BrFN2O3/c1-10-8-13(19)12(18)9-11(10)14-15(22)17(20(2)16(14)23)4-6-21(24-3)7-5-17/h8-9,22H,4-7H2,1-3H3. The summed E-state index contributed by atoms with van der Waals surface area (Å²) in [6.07, 6.45) is 1.17. The number of aliphatic hydroxyl groups excluding tert-OH is 1. The van der Waals surface area contributed by atoms with Crippen LogP contribution in [-0.2, 0) is 9.63 Å². The predicted molar refractivity (Wildman–Crippen MR) is 91.7 cm³/mol. The van der Waals surface area contributed by atoms with E-state index in [1.807, 2.05) is 5.06 Å². The van der Waals surface area contributed by atoms with Gasteiger partial charge in [-0.25, -0.2) is 4.39 Å². The van der Waals surface area contributed by atoms with Crippen molar-refractivity contribution in [2.45, 2.75) is 25.3 Å². The fourth-order valence-corrected chi connectivity index (χ4v) is 3.97. The Balaban J connectivity index is 2.08. The third-order valence-electron chi connectivity index (χ3n) is 5.18. The van der Waals surface area contributed by atoms with E-state index in [1.54, 1.807) is 32.0 Å². The molecule has 2 aliphatic heterocycles. The summed E-state index contributed by atoms with van der Waals surface area (Å²) in [7, 11) is 3.32. The van der Waals surface area contributed by atoms with E-state index in [0.29, 0.717) is 37.1 Å². The van der Waals surface area contributed by atoms with Crippen LogP contribution in [0.25, 0.3) is 5.57 Å². The molecule has 0 bridgehead atoms. The molecular weight excluding hydrogens is 379 g/mol. The lowest BCUT2D eigenvalue weighted by atomic mass is 9.85. The van der Waals surface area contributed by atoms with Gasteiger partial charge in [0.25, 0.3) is 5.91 Å². The average molecular weight is 399 g/mol. The van der Waals surface area contributed by atoms with Crippen LogP contribution in [0.15, 0.2) is 22.4 Å². The van der Waals surface area contributed by atoms with Crippen LogP contribution in [0, 0.1) is 12.7 Å². The maximum Gasteiger partial charge on any atom is 0.258 e.